The maximum Gasteiger partial charge on any atom is 0.277 e. The number of benzene rings is 1. The molecule has 7 heteroatoms. The number of hydrogen-bond donors (Lipinski definition) is 2. The standard InChI is InChI=1S/C24H28N6O/c1-17-22(28-23(26-17)19-5-3-2-4-6-19)24(31)27-21-10-7-18(15-25-21)16-29-11-13-30(14-12-29)20-8-9-20/h2-7,10,15,20H,8-9,11-14,16H2,1H3,(H,26,28)(H,25,27,31). The van der Waals surface area contributed by atoms with Gasteiger partial charge < -0.3 is 10.3 Å². The molecule has 2 aliphatic rings. The van der Waals surface area contributed by atoms with E-state index in [1.165, 1.54) is 31.5 Å². The van der Waals surface area contributed by atoms with Crippen LogP contribution < -0.4 is 5.32 Å². The number of anilines is 1. The van der Waals surface area contributed by atoms with Crippen LogP contribution in [0.3, 0.4) is 0 Å². The number of imidazole rings is 1. The summed E-state index contributed by atoms with van der Waals surface area (Å²) in [6.07, 6.45) is 4.61. The first-order chi connectivity index (χ1) is 15.2. The highest BCUT2D eigenvalue weighted by molar-refractivity contribution is 6.03. The molecule has 2 aromatic heterocycles. The van der Waals surface area contributed by atoms with E-state index in [0.717, 1.165) is 36.9 Å². The van der Waals surface area contributed by atoms with Gasteiger partial charge in [-0.05, 0) is 31.4 Å². The molecule has 1 saturated heterocycles. The normalized spacial score (nSPS) is 17.6. The average Bonchev–Trinajstić information content (AvgIpc) is 3.57. The number of piperazine rings is 1. The minimum atomic E-state index is -0.257. The molecule has 0 unspecified atom stereocenters. The minimum Gasteiger partial charge on any atom is -0.341 e. The molecule has 5 rings (SSSR count). The van der Waals surface area contributed by atoms with Crippen molar-refractivity contribution in [2.75, 3.05) is 31.5 Å². The molecule has 0 radical (unpaired) electrons. The first-order valence-electron chi connectivity index (χ1n) is 11.0. The van der Waals surface area contributed by atoms with Crippen LogP contribution in [0, 0.1) is 6.92 Å². The van der Waals surface area contributed by atoms with Gasteiger partial charge in [0.05, 0.1) is 0 Å². The minimum absolute atomic E-state index is 0.257. The molecule has 0 spiro atoms. The van der Waals surface area contributed by atoms with Gasteiger partial charge in [0, 0.05) is 56.2 Å². The Hall–Kier alpha value is -3.03. The summed E-state index contributed by atoms with van der Waals surface area (Å²) in [5, 5.41) is 2.87. The van der Waals surface area contributed by atoms with Crippen molar-refractivity contribution in [2.45, 2.75) is 32.4 Å². The Labute approximate surface area is 182 Å². The second-order valence-corrected chi connectivity index (χ2v) is 8.47. The van der Waals surface area contributed by atoms with E-state index in [1.54, 1.807) is 0 Å². The monoisotopic (exact) mass is 416 g/mol. The van der Waals surface area contributed by atoms with Gasteiger partial charge in [0.25, 0.3) is 5.91 Å². The molecular weight excluding hydrogens is 388 g/mol. The maximum atomic E-state index is 12.7. The van der Waals surface area contributed by atoms with Gasteiger partial charge in [-0.15, -0.1) is 0 Å². The van der Waals surface area contributed by atoms with E-state index in [9.17, 15) is 4.79 Å². The molecule has 1 aromatic carbocycles. The Morgan fingerprint density at radius 3 is 2.55 bits per heavy atom. The van der Waals surface area contributed by atoms with Gasteiger partial charge in [-0.2, -0.15) is 0 Å². The Balaban J connectivity index is 1.18. The molecule has 1 amide bonds. The second kappa shape index (κ2) is 8.61. The topological polar surface area (TPSA) is 77.2 Å². The van der Waals surface area contributed by atoms with Gasteiger partial charge in [-0.25, -0.2) is 9.97 Å². The zero-order valence-corrected chi connectivity index (χ0v) is 17.8. The van der Waals surface area contributed by atoms with Crippen molar-refractivity contribution in [3.05, 3.63) is 65.6 Å². The van der Waals surface area contributed by atoms with Crippen LogP contribution in [0.4, 0.5) is 5.82 Å². The number of hydrogen-bond acceptors (Lipinski definition) is 5. The van der Waals surface area contributed by atoms with Crippen molar-refractivity contribution in [3.63, 3.8) is 0 Å². The third kappa shape index (κ3) is 4.68. The van der Waals surface area contributed by atoms with Crippen LogP contribution in [0.5, 0.6) is 0 Å². The average molecular weight is 417 g/mol. The molecule has 2 fully saturated rings. The molecule has 2 N–H and O–H groups in total. The number of nitrogens with one attached hydrogen (secondary N) is 2. The van der Waals surface area contributed by atoms with Gasteiger partial charge >= 0.3 is 0 Å². The fourth-order valence-electron chi connectivity index (χ4n) is 4.17. The van der Waals surface area contributed by atoms with Crippen LogP contribution in [0.1, 0.15) is 34.6 Å². The van der Waals surface area contributed by atoms with Crippen LogP contribution in [0.2, 0.25) is 0 Å². The number of nitrogens with zero attached hydrogens (tertiary/aromatic N) is 4. The Bertz CT molecular complexity index is 1030. The highest BCUT2D eigenvalue weighted by Crippen LogP contribution is 2.27. The first-order valence-corrected chi connectivity index (χ1v) is 11.0. The molecule has 3 aromatic rings. The van der Waals surface area contributed by atoms with Crippen molar-refractivity contribution in [2.24, 2.45) is 0 Å². The van der Waals surface area contributed by atoms with Crippen molar-refractivity contribution >= 4 is 11.7 Å². The number of aryl methyl sites for hydroxylation is 1. The first kappa shape index (κ1) is 19.9. The van der Waals surface area contributed by atoms with E-state index < -0.39 is 0 Å². The SMILES string of the molecule is Cc1[nH]c(-c2ccccc2)nc1C(=O)Nc1ccc(CN2CCN(C3CC3)CC2)cn1. The predicted molar refractivity (Wildman–Crippen MR) is 121 cm³/mol. The predicted octanol–water partition coefficient (Wildman–Crippen LogP) is 3.31. The van der Waals surface area contributed by atoms with Crippen LogP contribution >= 0.6 is 0 Å². The number of carbonyl (C=O) groups is 1. The van der Waals surface area contributed by atoms with E-state index in [-0.39, 0.29) is 5.91 Å². The molecule has 31 heavy (non-hydrogen) atoms. The van der Waals surface area contributed by atoms with E-state index in [4.69, 9.17) is 0 Å². The Kier molecular flexibility index (Phi) is 5.53. The Morgan fingerprint density at radius 1 is 1.10 bits per heavy atom. The lowest BCUT2D eigenvalue weighted by Gasteiger charge is -2.34. The highest BCUT2D eigenvalue weighted by Gasteiger charge is 2.31. The second-order valence-electron chi connectivity index (χ2n) is 8.47. The van der Waals surface area contributed by atoms with Crippen molar-refractivity contribution < 1.29 is 4.79 Å². The summed E-state index contributed by atoms with van der Waals surface area (Å²) in [4.78, 5) is 30.0. The molecule has 1 aliphatic carbocycles. The molecule has 0 atom stereocenters. The summed E-state index contributed by atoms with van der Waals surface area (Å²) in [7, 11) is 0. The third-order valence-electron chi connectivity index (χ3n) is 6.09. The highest BCUT2D eigenvalue weighted by atomic mass is 16.2. The van der Waals surface area contributed by atoms with Gasteiger partial charge in [0.1, 0.15) is 17.3 Å². The van der Waals surface area contributed by atoms with Crippen LogP contribution in [0.25, 0.3) is 11.4 Å². The molecule has 1 saturated carbocycles. The lowest BCUT2D eigenvalue weighted by Crippen LogP contribution is -2.46. The van der Waals surface area contributed by atoms with Gasteiger partial charge in [-0.3, -0.25) is 14.6 Å². The Morgan fingerprint density at radius 2 is 1.87 bits per heavy atom. The summed E-state index contributed by atoms with van der Waals surface area (Å²) >= 11 is 0. The van der Waals surface area contributed by atoms with Gasteiger partial charge in [0.2, 0.25) is 0 Å². The lowest BCUT2D eigenvalue weighted by atomic mass is 10.2. The number of amides is 1. The van der Waals surface area contributed by atoms with Gasteiger partial charge in [0.15, 0.2) is 0 Å². The number of H-pyrrole nitrogens is 1. The molecule has 3 heterocycles. The quantitative estimate of drug-likeness (QED) is 0.645. The maximum absolute atomic E-state index is 12.7. The number of carbonyl (C=O) groups excluding carboxylic acids is 1. The van der Waals surface area contributed by atoms with Crippen molar-refractivity contribution in [1.29, 1.82) is 0 Å². The number of aromatic amines is 1. The van der Waals surface area contributed by atoms with Gasteiger partial charge in [-0.1, -0.05) is 36.4 Å². The smallest absolute Gasteiger partial charge is 0.277 e. The molecular formula is C24H28N6O. The van der Waals surface area contributed by atoms with E-state index in [1.807, 2.05) is 55.6 Å². The zero-order chi connectivity index (χ0) is 21.2. The number of aromatic nitrogens is 3. The molecule has 1 aliphatic heterocycles. The lowest BCUT2D eigenvalue weighted by molar-refractivity contribution is 0.102. The van der Waals surface area contributed by atoms with Crippen LogP contribution in [-0.2, 0) is 6.54 Å². The zero-order valence-electron chi connectivity index (χ0n) is 17.8. The fraction of sp³-hybridized carbons (Fsp3) is 0.375. The summed E-state index contributed by atoms with van der Waals surface area (Å²) in [5.41, 5.74) is 3.24. The van der Waals surface area contributed by atoms with Crippen LogP contribution in [0.15, 0.2) is 48.7 Å². The van der Waals surface area contributed by atoms with E-state index in [0.29, 0.717) is 17.3 Å². The largest absolute Gasteiger partial charge is 0.341 e. The van der Waals surface area contributed by atoms with Crippen LogP contribution in [-0.4, -0.2) is 62.9 Å². The fourth-order valence-corrected chi connectivity index (χ4v) is 4.17. The van der Waals surface area contributed by atoms with Crippen molar-refractivity contribution in [3.8, 4) is 11.4 Å². The number of pyridine rings is 1. The van der Waals surface area contributed by atoms with E-state index >= 15 is 0 Å². The van der Waals surface area contributed by atoms with E-state index in [2.05, 4.69) is 30.1 Å². The molecule has 160 valence electrons. The summed E-state index contributed by atoms with van der Waals surface area (Å²) in [6, 6.07) is 14.6. The number of rotatable bonds is 6. The molecule has 7 nitrogen and oxygen atoms in total. The summed E-state index contributed by atoms with van der Waals surface area (Å²) < 4.78 is 0. The van der Waals surface area contributed by atoms with Crippen molar-refractivity contribution in [1.82, 2.24) is 24.8 Å². The summed E-state index contributed by atoms with van der Waals surface area (Å²) in [5.74, 6) is 0.969. The summed E-state index contributed by atoms with van der Waals surface area (Å²) in [6.45, 7) is 7.31. The third-order valence-corrected chi connectivity index (χ3v) is 6.09. The molecule has 0 bridgehead atoms.